The molecule has 2 aromatic heterocycles. The minimum absolute atomic E-state index is 0.0889. The third-order valence-electron chi connectivity index (χ3n) is 3.61. The molecule has 0 atom stereocenters. The second-order valence-corrected chi connectivity index (χ2v) is 7.08. The molecular formula is C17H25N5OS. The van der Waals surface area contributed by atoms with E-state index >= 15 is 0 Å². The van der Waals surface area contributed by atoms with Crippen LogP contribution in [0.4, 0.5) is 10.9 Å². The molecule has 2 aromatic rings. The maximum absolute atomic E-state index is 12.2. The first kappa shape index (κ1) is 18.4. The van der Waals surface area contributed by atoms with Crippen LogP contribution < -0.4 is 10.6 Å². The lowest BCUT2D eigenvalue weighted by atomic mass is 10.2. The second-order valence-electron chi connectivity index (χ2n) is 6.05. The first-order valence-electron chi connectivity index (χ1n) is 8.15. The van der Waals surface area contributed by atoms with Crippen LogP contribution in [0.25, 0.3) is 0 Å². The number of nitrogens with zero attached hydrogens (tertiary/aromatic N) is 3. The van der Waals surface area contributed by atoms with Gasteiger partial charge < -0.3 is 10.6 Å². The molecule has 1 amide bonds. The van der Waals surface area contributed by atoms with Gasteiger partial charge in [0.15, 0.2) is 5.13 Å². The molecule has 0 saturated heterocycles. The number of amides is 1. The monoisotopic (exact) mass is 347 g/mol. The van der Waals surface area contributed by atoms with E-state index in [1.807, 2.05) is 18.2 Å². The highest BCUT2D eigenvalue weighted by Crippen LogP contribution is 2.21. The first-order valence-corrected chi connectivity index (χ1v) is 8.97. The number of hydrogen-bond acceptors (Lipinski definition) is 6. The predicted molar refractivity (Wildman–Crippen MR) is 98.9 cm³/mol. The van der Waals surface area contributed by atoms with E-state index in [9.17, 15) is 4.79 Å². The van der Waals surface area contributed by atoms with Crippen LogP contribution in [-0.4, -0.2) is 45.9 Å². The van der Waals surface area contributed by atoms with Crippen LogP contribution in [0, 0.1) is 0 Å². The van der Waals surface area contributed by atoms with E-state index in [4.69, 9.17) is 0 Å². The fourth-order valence-electron chi connectivity index (χ4n) is 2.48. The highest BCUT2D eigenvalue weighted by Gasteiger charge is 2.14. The number of aromatic nitrogens is 2. The third-order valence-corrected chi connectivity index (χ3v) is 4.52. The molecule has 0 spiro atoms. The van der Waals surface area contributed by atoms with Gasteiger partial charge in [-0.3, -0.25) is 9.69 Å². The first-order chi connectivity index (χ1) is 11.5. The Bertz CT molecular complexity index is 633. The summed E-state index contributed by atoms with van der Waals surface area (Å²) in [6.45, 7) is 10.1. The van der Waals surface area contributed by atoms with Crippen molar-refractivity contribution in [1.82, 2.24) is 20.2 Å². The van der Waals surface area contributed by atoms with E-state index in [1.54, 1.807) is 12.4 Å². The van der Waals surface area contributed by atoms with E-state index in [0.717, 1.165) is 6.54 Å². The molecule has 0 bridgehead atoms. The van der Waals surface area contributed by atoms with E-state index < -0.39 is 0 Å². The molecule has 0 aliphatic carbocycles. The van der Waals surface area contributed by atoms with E-state index in [-0.39, 0.29) is 5.91 Å². The van der Waals surface area contributed by atoms with Gasteiger partial charge in [0.1, 0.15) is 10.7 Å². The number of hydrogen-bond donors (Lipinski definition) is 2. The minimum atomic E-state index is -0.0889. The molecule has 2 heterocycles. The summed E-state index contributed by atoms with van der Waals surface area (Å²) in [5.41, 5.74) is 0. The number of nitrogens with one attached hydrogen (secondary N) is 2. The van der Waals surface area contributed by atoms with Crippen molar-refractivity contribution in [2.45, 2.75) is 39.8 Å². The van der Waals surface area contributed by atoms with Gasteiger partial charge in [-0.1, -0.05) is 17.4 Å². The Kier molecular flexibility index (Phi) is 6.69. The Labute approximate surface area is 147 Å². The Hall–Kier alpha value is -1.99. The highest BCUT2D eigenvalue weighted by molar-refractivity contribution is 7.17. The molecule has 2 rings (SSSR count). The smallest absolute Gasteiger partial charge is 0.263 e. The minimum Gasteiger partial charge on any atom is -0.350 e. The van der Waals surface area contributed by atoms with Gasteiger partial charge in [0.05, 0.1) is 6.20 Å². The molecule has 0 aromatic carbocycles. The van der Waals surface area contributed by atoms with Crippen molar-refractivity contribution in [3.63, 3.8) is 0 Å². The molecule has 0 saturated carbocycles. The third kappa shape index (κ3) is 5.28. The molecule has 6 nitrogen and oxygen atoms in total. The SMILES string of the molecule is CC(C)N(CCNC(=O)c1cnc(Nc2ccccn2)s1)C(C)C. The zero-order valence-corrected chi connectivity index (χ0v) is 15.4. The quantitative estimate of drug-likeness (QED) is 0.768. The summed E-state index contributed by atoms with van der Waals surface area (Å²) < 4.78 is 0. The normalized spacial score (nSPS) is 11.3. The van der Waals surface area contributed by atoms with Gasteiger partial charge in [0.25, 0.3) is 5.91 Å². The Morgan fingerprint density at radius 1 is 1.21 bits per heavy atom. The molecule has 0 aliphatic rings. The fourth-order valence-corrected chi connectivity index (χ4v) is 3.22. The van der Waals surface area contributed by atoms with Crippen LogP contribution in [0.2, 0.25) is 0 Å². The van der Waals surface area contributed by atoms with Crippen LogP contribution in [0.3, 0.4) is 0 Å². The number of pyridine rings is 1. The summed E-state index contributed by atoms with van der Waals surface area (Å²) in [5.74, 6) is 0.623. The summed E-state index contributed by atoms with van der Waals surface area (Å²) in [6.07, 6.45) is 3.30. The number of anilines is 2. The maximum Gasteiger partial charge on any atom is 0.263 e. The van der Waals surface area contributed by atoms with Crippen molar-refractivity contribution < 1.29 is 4.79 Å². The van der Waals surface area contributed by atoms with Gasteiger partial charge >= 0.3 is 0 Å². The van der Waals surface area contributed by atoms with Gasteiger partial charge in [-0.05, 0) is 39.8 Å². The lowest BCUT2D eigenvalue weighted by molar-refractivity contribution is 0.0943. The van der Waals surface area contributed by atoms with Crippen LogP contribution in [0.15, 0.2) is 30.6 Å². The molecule has 0 fully saturated rings. The van der Waals surface area contributed by atoms with Crippen LogP contribution in [-0.2, 0) is 0 Å². The fraction of sp³-hybridized carbons (Fsp3) is 0.471. The highest BCUT2D eigenvalue weighted by atomic mass is 32.1. The van der Waals surface area contributed by atoms with E-state index in [2.05, 4.69) is 53.2 Å². The zero-order valence-electron chi connectivity index (χ0n) is 14.6. The summed E-state index contributed by atoms with van der Waals surface area (Å²) in [4.78, 5) is 23.6. The van der Waals surface area contributed by atoms with Gasteiger partial charge in [-0.25, -0.2) is 9.97 Å². The van der Waals surface area contributed by atoms with Crippen molar-refractivity contribution in [2.24, 2.45) is 0 Å². The van der Waals surface area contributed by atoms with Crippen LogP contribution in [0.5, 0.6) is 0 Å². The van der Waals surface area contributed by atoms with Crippen molar-refractivity contribution in [2.75, 3.05) is 18.4 Å². The molecule has 0 unspecified atom stereocenters. The second kappa shape index (κ2) is 8.75. The largest absolute Gasteiger partial charge is 0.350 e. The topological polar surface area (TPSA) is 70.2 Å². The Balaban J connectivity index is 1.85. The van der Waals surface area contributed by atoms with Crippen molar-refractivity contribution >= 4 is 28.2 Å². The van der Waals surface area contributed by atoms with Gasteiger partial charge in [0, 0.05) is 31.4 Å². The molecule has 7 heteroatoms. The molecular weight excluding hydrogens is 322 g/mol. The average molecular weight is 347 g/mol. The summed E-state index contributed by atoms with van der Waals surface area (Å²) in [5, 5.41) is 6.71. The average Bonchev–Trinajstić information content (AvgIpc) is 3.00. The number of carbonyl (C=O) groups is 1. The lowest BCUT2D eigenvalue weighted by Gasteiger charge is -2.30. The molecule has 130 valence electrons. The van der Waals surface area contributed by atoms with Crippen molar-refractivity contribution in [1.29, 1.82) is 0 Å². The van der Waals surface area contributed by atoms with Crippen molar-refractivity contribution in [3.05, 3.63) is 35.5 Å². The summed E-state index contributed by atoms with van der Waals surface area (Å²) in [6, 6.07) is 6.52. The molecule has 0 radical (unpaired) electrons. The Morgan fingerprint density at radius 3 is 2.58 bits per heavy atom. The number of carbonyl (C=O) groups excluding carboxylic acids is 1. The van der Waals surface area contributed by atoms with Gasteiger partial charge in [0.2, 0.25) is 0 Å². The van der Waals surface area contributed by atoms with Gasteiger partial charge in [-0.2, -0.15) is 0 Å². The molecule has 24 heavy (non-hydrogen) atoms. The summed E-state index contributed by atoms with van der Waals surface area (Å²) in [7, 11) is 0. The Morgan fingerprint density at radius 2 is 1.96 bits per heavy atom. The lowest BCUT2D eigenvalue weighted by Crippen LogP contribution is -2.42. The maximum atomic E-state index is 12.2. The number of rotatable bonds is 8. The van der Waals surface area contributed by atoms with Crippen molar-refractivity contribution in [3.8, 4) is 0 Å². The standard InChI is InChI=1S/C17H25N5OS/c1-12(2)22(13(3)4)10-9-19-16(23)14-11-20-17(24-14)21-15-7-5-6-8-18-15/h5-8,11-13H,9-10H2,1-4H3,(H,19,23)(H,18,20,21). The molecule has 2 N–H and O–H groups in total. The van der Waals surface area contributed by atoms with Crippen LogP contribution in [0.1, 0.15) is 37.4 Å². The van der Waals surface area contributed by atoms with E-state index in [1.165, 1.54) is 11.3 Å². The van der Waals surface area contributed by atoms with E-state index in [0.29, 0.717) is 34.5 Å². The zero-order chi connectivity index (χ0) is 17.5. The van der Waals surface area contributed by atoms with Gasteiger partial charge in [-0.15, -0.1) is 0 Å². The molecule has 0 aliphatic heterocycles. The van der Waals surface area contributed by atoms with Crippen LogP contribution >= 0.6 is 11.3 Å². The summed E-state index contributed by atoms with van der Waals surface area (Å²) >= 11 is 1.32. The predicted octanol–water partition coefficient (Wildman–Crippen LogP) is 3.13. The number of thiazole rings is 1.